The van der Waals surface area contributed by atoms with Crippen molar-refractivity contribution in [1.82, 2.24) is 0 Å². The van der Waals surface area contributed by atoms with Crippen molar-refractivity contribution in [1.29, 1.82) is 0 Å². The molecule has 0 fully saturated rings. The van der Waals surface area contributed by atoms with Gasteiger partial charge in [0, 0.05) is 24.5 Å². The van der Waals surface area contributed by atoms with Crippen LogP contribution in [0.3, 0.4) is 0 Å². The van der Waals surface area contributed by atoms with Crippen molar-refractivity contribution in [3.8, 4) is 11.5 Å². The molecule has 2 bridgehead atoms. The van der Waals surface area contributed by atoms with E-state index in [1.54, 1.807) is 14.2 Å². The van der Waals surface area contributed by atoms with Crippen molar-refractivity contribution < 1.29 is 32.2 Å². The normalized spacial score (nSPS) is 18.6. The summed E-state index contributed by atoms with van der Waals surface area (Å²) < 4.78 is 56.3. The molecule has 0 saturated heterocycles. The van der Waals surface area contributed by atoms with Gasteiger partial charge >= 0.3 is 12.1 Å². The Morgan fingerprint density at radius 3 is 1.97 bits per heavy atom. The molecule has 2 heterocycles. The third-order valence-electron chi connectivity index (χ3n) is 6.99. The second-order valence-corrected chi connectivity index (χ2v) is 8.86. The maximum Gasteiger partial charge on any atom is 0.416 e. The molecule has 1 atom stereocenters. The van der Waals surface area contributed by atoms with Crippen LogP contribution in [0.2, 0.25) is 0 Å². The van der Waals surface area contributed by atoms with Crippen LogP contribution in [0, 0.1) is 0 Å². The summed E-state index contributed by atoms with van der Waals surface area (Å²) in [6.07, 6.45) is -4.49. The Morgan fingerprint density at radius 1 is 0.833 bits per heavy atom. The van der Waals surface area contributed by atoms with Gasteiger partial charge in [0.05, 0.1) is 33.4 Å². The first-order valence-electron chi connectivity index (χ1n) is 11.3. The summed E-state index contributed by atoms with van der Waals surface area (Å²) in [7, 11) is 4.47. The number of nitrogens with zero attached hydrogens (tertiary/aromatic N) is 2. The summed E-state index contributed by atoms with van der Waals surface area (Å²) >= 11 is 0. The number of rotatable bonds is 4. The van der Waals surface area contributed by atoms with Gasteiger partial charge in [-0.1, -0.05) is 12.1 Å². The molecule has 2 aliphatic heterocycles. The number of alkyl halides is 3. The first-order chi connectivity index (χ1) is 17.2. The largest absolute Gasteiger partial charge is 0.497 e. The molecule has 5 rings (SSSR count). The minimum absolute atomic E-state index is 0.168. The van der Waals surface area contributed by atoms with E-state index in [4.69, 9.17) is 14.2 Å². The van der Waals surface area contributed by atoms with Gasteiger partial charge in [-0.15, -0.1) is 0 Å². The highest BCUT2D eigenvalue weighted by molar-refractivity contribution is 5.90. The molecule has 6 nitrogen and oxygen atoms in total. The predicted molar refractivity (Wildman–Crippen MR) is 128 cm³/mol. The number of fused-ring (bicyclic) bond motifs is 7. The standard InChI is InChI=1S/C27H25F3N2O4/c1-34-21-8-10-23-18(13-21)15-32-24-11-9-22(35-2)12-17(24)14-31(23)16-26(32,25(33)36-3)19-4-6-20(7-5-19)27(28,29)30/h4-13H,14-16H2,1-3H3. The quantitative estimate of drug-likeness (QED) is 0.465. The van der Waals surface area contributed by atoms with Crippen LogP contribution in [0.25, 0.3) is 0 Å². The van der Waals surface area contributed by atoms with E-state index < -0.39 is 23.2 Å². The van der Waals surface area contributed by atoms with Crippen molar-refractivity contribution in [3.05, 3.63) is 82.9 Å². The molecule has 0 aliphatic carbocycles. The third-order valence-corrected chi connectivity index (χ3v) is 6.99. The van der Waals surface area contributed by atoms with Gasteiger partial charge in [0.1, 0.15) is 11.5 Å². The van der Waals surface area contributed by atoms with Crippen LogP contribution in [0.5, 0.6) is 11.5 Å². The second kappa shape index (κ2) is 8.65. The first kappa shape index (κ1) is 23.8. The van der Waals surface area contributed by atoms with Crippen LogP contribution in [0.1, 0.15) is 22.3 Å². The first-order valence-corrected chi connectivity index (χ1v) is 11.3. The predicted octanol–water partition coefficient (Wildman–Crippen LogP) is 5.13. The topological polar surface area (TPSA) is 51.2 Å². The molecule has 0 radical (unpaired) electrons. The number of benzene rings is 3. The fourth-order valence-electron chi connectivity index (χ4n) is 5.24. The minimum atomic E-state index is -4.49. The minimum Gasteiger partial charge on any atom is -0.497 e. The molecule has 0 saturated carbocycles. The van der Waals surface area contributed by atoms with Crippen LogP contribution in [-0.2, 0) is 34.3 Å². The van der Waals surface area contributed by atoms with Crippen LogP contribution in [0.4, 0.5) is 24.5 Å². The lowest BCUT2D eigenvalue weighted by Gasteiger charge is -2.42. The number of hydrogen-bond donors (Lipinski definition) is 0. The third kappa shape index (κ3) is 3.70. The van der Waals surface area contributed by atoms with Gasteiger partial charge in [0.25, 0.3) is 0 Å². The van der Waals surface area contributed by atoms with Crippen molar-refractivity contribution in [2.24, 2.45) is 0 Å². The Balaban J connectivity index is 1.77. The molecule has 1 unspecified atom stereocenters. The highest BCUT2D eigenvalue weighted by atomic mass is 19.4. The number of carbonyl (C=O) groups is 1. The molecular formula is C27H25F3N2O4. The van der Waals surface area contributed by atoms with E-state index in [0.717, 1.165) is 34.6 Å². The number of hydrogen-bond acceptors (Lipinski definition) is 6. The molecule has 0 aromatic heterocycles. The van der Waals surface area contributed by atoms with E-state index in [-0.39, 0.29) is 6.54 Å². The molecule has 3 aromatic carbocycles. The zero-order valence-corrected chi connectivity index (χ0v) is 20.1. The van der Waals surface area contributed by atoms with Crippen LogP contribution in [0.15, 0.2) is 60.7 Å². The van der Waals surface area contributed by atoms with Crippen molar-refractivity contribution in [2.45, 2.75) is 24.8 Å². The molecule has 188 valence electrons. The van der Waals surface area contributed by atoms with E-state index in [1.165, 1.54) is 19.2 Å². The number of carbonyl (C=O) groups excluding carboxylic acids is 1. The molecule has 9 heteroatoms. The number of esters is 1. The van der Waals surface area contributed by atoms with Crippen LogP contribution >= 0.6 is 0 Å². The molecule has 36 heavy (non-hydrogen) atoms. The Kier molecular flexibility index (Phi) is 5.73. The van der Waals surface area contributed by atoms with E-state index in [9.17, 15) is 18.0 Å². The molecule has 2 aliphatic rings. The highest BCUT2D eigenvalue weighted by Gasteiger charge is 2.52. The zero-order chi connectivity index (χ0) is 25.7. The number of methoxy groups -OCH3 is 3. The van der Waals surface area contributed by atoms with Gasteiger partial charge in [-0.2, -0.15) is 13.2 Å². The van der Waals surface area contributed by atoms with Gasteiger partial charge in [0.15, 0.2) is 5.54 Å². The molecule has 3 aromatic rings. The molecule has 0 spiro atoms. The Labute approximate surface area is 206 Å². The van der Waals surface area contributed by atoms with E-state index >= 15 is 0 Å². The van der Waals surface area contributed by atoms with Gasteiger partial charge in [-0.25, -0.2) is 4.79 Å². The van der Waals surface area contributed by atoms with Crippen LogP contribution < -0.4 is 19.3 Å². The SMILES string of the molecule is COC(=O)C1(c2ccc(C(F)(F)F)cc2)CN2Cc3cc(OC)ccc3N1Cc1cc(OC)ccc12. The average molecular weight is 499 g/mol. The highest BCUT2D eigenvalue weighted by Crippen LogP contribution is 2.48. The van der Waals surface area contributed by atoms with Gasteiger partial charge < -0.3 is 24.0 Å². The Hall–Kier alpha value is -3.88. The molecule has 0 amide bonds. The zero-order valence-electron chi connectivity index (χ0n) is 20.1. The van der Waals surface area contributed by atoms with E-state index in [2.05, 4.69) is 4.90 Å². The fraction of sp³-hybridized carbons (Fsp3) is 0.296. The van der Waals surface area contributed by atoms with E-state index in [0.29, 0.717) is 30.2 Å². The molecular weight excluding hydrogens is 473 g/mol. The lowest BCUT2D eigenvalue weighted by Crippen LogP contribution is -2.56. The number of halogens is 3. The smallest absolute Gasteiger partial charge is 0.416 e. The van der Waals surface area contributed by atoms with Gasteiger partial charge in [-0.05, 0) is 65.2 Å². The lowest BCUT2D eigenvalue weighted by atomic mass is 9.86. The summed E-state index contributed by atoms with van der Waals surface area (Å²) in [5.41, 5.74) is 1.75. The Bertz CT molecular complexity index is 1310. The second-order valence-electron chi connectivity index (χ2n) is 8.86. The summed E-state index contributed by atoms with van der Waals surface area (Å²) in [5.74, 6) is 0.782. The van der Waals surface area contributed by atoms with E-state index in [1.807, 2.05) is 41.3 Å². The summed E-state index contributed by atoms with van der Waals surface area (Å²) in [6.45, 7) is 0.932. The monoisotopic (exact) mass is 498 g/mol. The van der Waals surface area contributed by atoms with Gasteiger partial charge in [-0.3, -0.25) is 0 Å². The molecule has 0 N–H and O–H groups in total. The summed E-state index contributed by atoms with van der Waals surface area (Å²) in [6, 6.07) is 16.1. The van der Waals surface area contributed by atoms with Crippen molar-refractivity contribution in [3.63, 3.8) is 0 Å². The summed E-state index contributed by atoms with van der Waals surface area (Å²) in [5, 5.41) is 0. The average Bonchev–Trinajstić information content (AvgIpc) is 3.11. The summed E-state index contributed by atoms with van der Waals surface area (Å²) in [4.78, 5) is 17.7. The lowest BCUT2D eigenvalue weighted by molar-refractivity contribution is -0.147. The maximum atomic E-state index is 13.7. The van der Waals surface area contributed by atoms with Crippen LogP contribution in [-0.4, -0.2) is 33.8 Å². The van der Waals surface area contributed by atoms with Gasteiger partial charge in [0.2, 0.25) is 0 Å². The maximum absolute atomic E-state index is 13.7. The van der Waals surface area contributed by atoms with Crippen molar-refractivity contribution >= 4 is 17.3 Å². The number of anilines is 2. The fourth-order valence-corrected chi connectivity index (χ4v) is 5.24. The number of ether oxygens (including phenoxy) is 3. The Morgan fingerprint density at radius 2 is 1.42 bits per heavy atom. The van der Waals surface area contributed by atoms with Crippen molar-refractivity contribution in [2.75, 3.05) is 37.7 Å².